The molecule has 1 N–H and O–H groups in total. The smallest absolute Gasteiger partial charge is 0.0134 e. The third kappa shape index (κ3) is 9.37. The number of hydrogen-bond acceptors (Lipinski definition) is 1. The minimum absolute atomic E-state index is 0. The third-order valence-electron chi connectivity index (χ3n) is 0.714. The molecule has 0 amide bonds. The summed E-state index contributed by atoms with van der Waals surface area (Å²) >= 11 is 0. The molecule has 0 radical (unpaired) electrons. The van der Waals surface area contributed by atoms with Crippen LogP contribution in [0.5, 0.6) is 0 Å². The summed E-state index contributed by atoms with van der Waals surface area (Å²) in [6, 6.07) is 0. The highest BCUT2D eigenvalue weighted by Crippen LogP contribution is 1.83. The highest BCUT2D eigenvalue weighted by atomic mass is 35.5. The van der Waals surface area contributed by atoms with Crippen LogP contribution in [0, 0.1) is 0 Å². The second-order valence-electron chi connectivity index (χ2n) is 1.84. The van der Waals surface area contributed by atoms with Crippen molar-refractivity contribution in [2.75, 3.05) is 13.6 Å². The monoisotopic (exact) mass is 135 g/mol. The molecule has 0 saturated carbocycles. The zero-order valence-electron chi connectivity index (χ0n) is 5.69. The summed E-state index contributed by atoms with van der Waals surface area (Å²) in [6.07, 6.45) is 2.15. The lowest BCUT2D eigenvalue weighted by Crippen LogP contribution is -2.04. The maximum atomic E-state index is 3.02. The minimum atomic E-state index is 0. The fraction of sp³-hybridized carbons (Fsp3) is 0.667. The van der Waals surface area contributed by atoms with Gasteiger partial charge in [-0.3, -0.25) is 0 Å². The summed E-state index contributed by atoms with van der Waals surface area (Å²) in [6.45, 7) is 5.18. The van der Waals surface area contributed by atoms with E-state index in [1.807, 2.05) is 7.05 Å². The number of halogens is 1. The van der Waals surface area contributed by atoms with Crippen molar-refractivity contribution in [2.45, 2.75) is 13.8 Å². The summed E-state index contributed by atoms with van der Waals surface area (Å²) in [4.78, 5) is 0. The maximum Gasteiger partial charge on any atom is 0.0134 e. The van der Waals surface area contributed by atoms with Crippen molar-refractivity contribution in [1.82, 2.24) is 5.32 Å². The van der Waals surface area contributed by atoms with Gasteiger partial charge in [0.15, 0.2) is 0 Å². The number of allylic oxidation sites excluding steroid dienone is 1. The number of hydrogen-bond donors (Lipinski definition) is 1. The zero-order valence-corrected chi connectivity index (χ0v) is 6.51. The molecule has 1 nitrogen and oxygen atoms in total. The lowest BCUT2D eigenvalue weighted by Gasteiger charge is -1.88. The van der Waals surface area contributed by atoms with Crippen LogP contribution in [-0.2, 0) is 0 Å². The van der Waals surface area contributed by atoms with Gasteiger partial charge in [0.2, 0.25) is 0 Å². The number of nitrogens with one attached hydrogen (secondary N) is 1. The van der Waals surface area contributed by atoms with Crippen LogP contribution in [0.1, 0.15) is 13.8 Å². The van der Waals surface area contributed by atoms with Gasteiger partial charge in [-0.25, -0.2) is 0 Å². The highest BCUT2D eigenvalue weighted by molar-refractivity contribution is 5.85. The number of likely N-dealkylation sites (N-methyl/N-ethyl adjacent to an activating group) is 1. The van der Waals surface area contributed by atoms with E-state index in [-0.39, 0.29) is 12.4 Å². The van der Waals surface area contributed by atoms with E-state index in [1.165, 1.54) is 5.57 Å². The molecule has 0 bridgehead atoms. The summed E-state index contributed by atoms with van der Waals surface area (Å²) in [5.74, 6) is 0. The van der Waals surface area contributed by atoms with Crippen LogP contribution >= 0.6 is 12.4 Å². The minimum Gasteiger partial charge on any atom is -0.316 e. The highest BCUT2D eigenvalue weighted by Gasteiger charge is 1.71. The van der Waals surface area contributed by atoms with E-state index in [4.69, 9.17) is 0 Å². The van der Waals surface area contributed by atoms with E-state index in [9.17, 15) is 0 Å². The van der Waals surface area contributed by atoms with Gasteiger partial charge in [-0.05, 0) is 20.9 Å². The van der Waals surface area contributed by atoms with Gasteiger partial charge in [-0.2, -0.15) is 0 Å². The van der Waals surface area contributed by atoms with Gasteiger partial charge >= 0.3 is 0 Å². The molecule has 0 spiro atoms. The van der Waals surface area contributed by atoms with Crippen molar-refractivity contribution in [1.29, 1.82) is 0 Å². The molecule has 0 unspecified atom stereocenters. The molecule has 0 atom stereocenters. The first kappa shape index (κ1) is 10.9. The van der Waals surface area contributed by atoms with E-state index >= 15 is 0 Å². The molecule has 0 saturated heterocycles. The molecule has 0 aliphatic rings. The average molecular weight is 136 g/mol. The molecular weight excluding hydrogens is 122 g/mol. The maximum absolute atomic E-state index is 3.02. The first-order valence-corrected chi connectivity index (χ1v) is 2.55. The normalized spacial score (nSPS) is 7.38. The van der Waals surface area contributed by atoms with Crippen LogP contribution in [0.15, 0.2) is 11.6 Å². The van der Waals surface area contributed by atoms with Crippen molar-refractivity contribution in [2.24, 2.45) is 0 Å². The Kier molecular flexibility index (Phi) is 9.51. The van der Waals surface area contributed by atoms with E-state index in [1.54, 1.807) is 0 Å². The van der Waals surface area contributed by atoms with Gasteiger partial charge in [-0.15, -0.1) is 12.4 Å². The lowest BCUT2D eigenvalue weighted by atomic mass is 10.3. The standard InChI is InChI=1S/C6H13N.ClH/c1-6(2)4-5-7-3;/h4,7H,5H2,1-3H3;1H. The van der Waals surface area contributed by atoms with E-state index < -0.39 is 0 Å². The molecule has 0 aliphatic carbocycles. The predicted molar refractivity (Wildman–Crippen MR) is 40.6 cm³/mol. The molecule has 50 valence electrons. The first-order chi connectivity index (χ1) is 3.27. The van der Waals surface area contributed by atoms with Crippen LogP contribution in [-0.4, -0.2) is 13.6 Å². The van der Waals surface area contributed by atoms with E-state index in [2.05, 4.69) is 25.2 Å². The second-order valence-corrected chi connectivity index (χ2v) is 1.84. The molecule has 0 aromatic rings. The Labute approximate surface area is 57.6 Å². The Balaban J connectivity index is 0. The number of rotatable bonds is 2. The van der Waals surface area contributed by atoms with Crippen LogP contribution in [0.2, 0.25) is 0 Å². The lowest BCUT2D eigenvalue weighted by molar-refractivity contribution is 0.912. The Hall–Kier alpha value is -0.0100. The molecule has 8 heavy (non-hydrogen) atoms. The Morgan fingerprint density at radius 2 is 2.00 bits per heavy atom. The predicted octanol–water partition coefficient (Wildman–Crippen LogP) is 1.59. The van der Waals surface area contributed by atoms with Gasteiger partial charge in [0.05, 0.1) is 0 Å². The molecular formula is C6H14ClN. The average Bonchev–Trinajstić information content (AvgIpc) is 1.61. The van der Waals surface area contributed by atoms with Gasteiger partial charge in [0, 0.05) is 6.54 Å². The van der Waals surface area contributed by atoms with Crippen molar-refractivity contribution in [3.8, 4) is 0 Å². The van der Waals surface area contributed by atoms with Gasteiger partial charge in [0.1, 0.15) is 0 Å². The van der Waals surface area contributed by atoms with Crippen LogP contribution in [0.3, 0.4) is 0 Å². The van der Waals surface area contributed by atoms with Crippen molar-refractivity contribution < 1.29 is 0 Å². The van der Waals surface area contributed by atoms with Crippen molar-refractivity contribution >= 4 is 12.4 Å². The third-order valence-corrected chi connectivity index (χ3v) is 0.714. The van der Waals surface area contributed by atoms with Crippen LogP contribution in [0.25, 0.3) is 0 Å². The second kappa shape index (κ2) is 6.99. The Morgan fingerprint density at radius 1 is 1.50 bits per heavy atom. The molecule has 0 fully saturated rings. The topological polar surface area (TPSA) is 12.0 Å². The quantitative estimate of drug-likeness (QED) is 0.568. The molecule has 0 rings (SSSR count). The fourth-order valence-electron chi connectivity index (χ4n) is 0.306. The van der Waals surface area contributed by atoms with Crippen LogP contribution in [0.4, 0.5) is 0 Å². The van der Waals surface area contributed by atoms with E-state index in [0.717, 1.165) is 6.54 Å². The Bertz CT molecular complexity index is 64.9. The molecule has 0 aliphatic heterocycles. The zero-order chi connectivity index (χ0) is 5.70. The van der Waals surface area contributed by atoms with E-state index in [0.29, 0.717) is 0 Å². The van der Waals surface area contributed by atoms with Crippen molar-refractivity contribution in [3.05, 3.63) is 11.6 Å². The summed E-state index contributed by atoms with van der Waals surface area (Å²) in [5.41, 5.74) is 1.37. The molecule has 2 heteroatoms. The molecule has 0 aromatic carbocycles. The fourth-order valence-corrected chi connectivity index (χ4v) is 0.306. The summed E-state index contributed by atoms with van der Waals surface area (Å²) in [5, 5.41) is 3.02. The van der Waals surface area contributed by atoms with Crippen LogP contribution < -0.4 is 5.32 Å². The largest absolute Gasteiger partial charge is 0.316 e. The molecule has 0 heterocycles. The first-order valence-electron chi connectivity index (χ1n) is 2.55. The van der Waals surface area contributed by atoms with Gasteiger partial charge in [0.25, 0.3) is 0 Å². The summed E-state index contributed by atoms with van der Waals surface area (Å²) in [7, 11) is 1.94. The SMILES string of the molecule is CNCC=C(C)C.Cl. The summed E-state index contributed by atoms with van der Waals surface area (Å²) < 4.78 is 0. The Morgan fingerprint density at radius 3 is 2.12 bits per heavy atom. The van der Waals surface area contributed by atoms with Gasteiger partial charge < -0.3 is 5.32 Å². The van der Waals surface area contributed by atoms with Gasteiger partial charge in [-0.1, -0.05) is 11.6 Å². The van der Waals surface area contributed by atoms with Crippen molar-refractivity contribution in [3.63, 3.8) is 0 Å². The molecule has 0 aromatic heterocycles.